The van der Waals surface area contributed by atoms with E-state index in [1.807, 2.05) is 24.3 Å². The number of nitrogens with zero attached hydrogens (tertiary/aromatic N) is 1. The lowest BCUT2D eigenvalue weighted by Gasteiger charge is -2.13. The van der Waals surface area contributed by atoms with Gasteiger partial charge in [0.05, 0.1) is 5.69 Å². The predicted molar refractivity (Wildman–Crippen MR) is 82.5 cm³/mol. The van der Waals surface area contributed by atoms with Gasteiger partial charge in [0.15, 0.2) is 5.89 Å². The maximum Gasteiger partial charge on any atom is 0.293 e. The summed E-state index contributed by atoms with van der Waals surface area (Å²) < 4.78 is 5.31. The predicted octanol–water partition coefficient (Wildman–Crippen LogP) is 3.21. The number of aromatic nitrogens is 1. The summed E-state index contributed by atoms with van der Waals surface area (Å²) in [5, 5.41) is 6.16. The molecule has 0 aliphatic carbocycles. The minimum Gasteiger partial charge on any atom is -0.436 e. The lowest BCUT2D eigenvalue weighted by Crippen LogP contribution is -2.17. The Morgan fingerprint density at radius 1 is 1.29 bits per heavy atom. The van der Waals surface area contributed by atoms with Gasteiger partial charge in [-0.2, -0.15) is 0 Å². The first-order valence-electron chi connectivity index (χ1n) is 7.10. The Morgan fingerprint density at radius 3 is 2.48 bits per heavy atom. The first kappa shape index (κ1) is 15.3. The van der Waals surface area contributed by atoms with Crippen LogP contribution in [0.4, 0.5) is 5.69 Å². The topological polar surface area (TPSA) is 67.2 Å². The number of carbonyl (C=O) groups is 1. The van der Waals surface area contributed by atoms with Crippen molar-refractivity contribution < 1.29 is 9.21 Å². The van der Waals surface area contributed by atoms with E-state index in [2.05, 4.69) is 29.5 Å². The first-order chi connectivity index (χ1) is 10.0. The van der Waals surface area contributed by atoms with E-state index in [1.165, 1.54) is 5.56 Å². The van der Waals surface area contributed by atoms with Gasteiger partial charge in [0.25, 0.3) is 5.91 Å². The van der Waals surface area contributed by atoms with Crippen molar-refractivity contribution in [1.82, 2.24) is 10.3 Å². The number of amides is 1. The van der Waals surface area contributed by atoms with Crippen LogP contribution in [0.3, 0.4) is 0 Å². The molecule has 0 fully saturated rings. The lowest BCUT2D eigenvalue weighted by atomic mass is 10.1. The minimum atomic E-state index is -0.277. The summed E-state index contributed by atoms with van der Waals surface area (Å²) >= 11 is 0. The highest BCUT2D eigenvalue weighted by atomic mass is 16.4. The third kappa shape index (κ3) is 3.70. The van der Waals surface area contributed by atoms with Crippen LogP contribution in [-0.2, 0) is 0 Å². The number of benzene rings is 1. The molecule has 21 heavy (non-hydrogen) atoms. The van der Waals surface area contributed by atoms with E-state index in [0.29, 0.717) is 17.6 Å². The lowest BCUT2D eigenvalue weighted by molar-refractivity contribution is 0.0994. The Labute approximate surface area is 124 Å². The van der Waals surface area contributed by atoms with Crippen LogP contribution in [0.1, 0.15) is 47.6 Å². The quantitative estimate of drug-likeness (QED) is 0.886. The molecule has 1 aromatic heterocycles. The first-order valence-corrected chi connectivity index (χ1v) is 7.10. The van der Waals surface area contributed by atoms with E-state index in [0.717, 1.165) is 12.2 Å². The van der Waals surface area contributed by atoms with E-state index in [4.69, 9.17) is 4.42 Å². The molecule has 2 aromatic rings. The second-order valence-corrected chi connectivity index (χ2v) is 5.00. The number of anilines is 1. The fraction of sp³-hybridized carbons (Fsp3) is 0.375. The number of nitrogens with one attached hydrogen (secondary N) is 2. The van der Waals surface area contributed by atoms with Crippen LogP contribution in [0.25, 0.3) is 0 Å². The van der Waals surface area contributed by atoms with Gasteiger partial charge in [-0.25, -0.2) is 4.98 Å². The van der Waals surface area contributed by atoms with Gasteiger partial charge in [0, 0.05) is 18.7 Å². The summed E-state index contributed by atoms with van der Waals surface area (Å²) in [6.45, 7) is 8.58. The Balaban J connectivity index is 2.06. The Morgan fingerprint density at radius 2 is 1.95 bits per heavy atom. The summed E-state index contributed by atoms with van der Waals surface area (Å²) in [6.07, 6.45) is 0. The van der Waals surface area contributed by atoms with Crippen LogP contribution in [0.15, 0.2) is 28.7 Å². The fourth-order valence-electron chi connectivity index (χ4n) is 2.21. The van der Waals surface area contributed by atoms with Gasteiger partial charge in [0.2, 0.25) is 5.76 Å². The molecule has 1 amide bonds. The molecule has 0 aliphatic heterocycles. The Kier molecular flexibility index (Phi) is 4.75. The van der Waals surface area contributed by atoms with Crippen LogP contribution < -0.4 is 10.6 Å². The zero-order chi connectivity index (χ0) is 15.4. The molecule has 2 N–H and O–H groups in total. The summed E-state index contributed by atoms with van der Waals surface area (Å²) in [4.78, 5) is 16.2. The number of hydrogen-bond acceptors (Lipinski definition) is 4. The maximum atomic E-state index is 12.1. The maximum absolute atomic E-state index is 12.1. The molecule has 1 heterocycles. The average molecular weight is 287 g/mol. The van der Waals surface area contributed by atoms with Gasteiger partial charge in [-0.1, -0.05) is 19.1 Å². The molecule has 0 radical (unpaired) electrons. The van der Waals surface area contributed by atoms with Gasteiger partial charge in [-0.3, -0.25) is 4.79 Å². The molecule has 1 unspecified atom stereocenters. The van der Waals surface area contributed by atoms with Crippen molar-refractivity contribution in [2.24, 2.45) is 0 Å². The van der Waals surface area contributed by atoms with Gasteiger partial charge >= 0.3 is 0 Å². The van der Waals surface area contributed by atoms with Crippen LogP contribution >= 0.6 is 0 Å². The van der Waals surface area contributed by atoms with E-state index < -0.39 is 0 Å². The van der Waals surface area contributed by atoms with Crippen molar-refractivity contribution in [2.45, 2.75) is 33.7 Å². The zero-order valence-electron chi connectivity index (χ0n) is 12.9. The Bertz CT molecular complexity index is 617. The van der Waals surface area contributed by atoms with Gasteiger partial charge in [0.1, 0.15) is 0 Å². The second kappa shape index (κ2) is 6.54. The van der Waals surface area contributed by atoms with Gasteiger partial charge < -0.3 is 15.1 Å². The van der Waals surface area contributed by atoms with Gasteiger partial charge in [-0.15, -0.1) is 0 Å². The zero-order valence-corrected chi connectivity index (χ0v) is 12.9. The molecule has 1 aromatic carbocycles. The van der Waals surface area contributed by atoms with Crippen molar-refractivity contribution in [3.63, 3.8) is 0 Å². The Hall–Kier alpha value is -2.14. The SMILES string of the molecule is CCNC(C)c1ccc(NC(=O)c2oc(C)nc2C)cc1. The van der Waals surface area contributed by atoms with E-state index in [-0.39, 0.29) is 11.7 Å². The fourth-order valence-corrected chi connectivity index (χ4v) is 2.21. The highest BCUT2D eigenvalue weighted by Gasteiger charge is 2.16. The molecule has 1 atom stereocenters. The molecule has 0 saturated carbocycles. The largest absolute Gasteiger partial charge is 0.436 e. The molecule has 0 saturated heterocycles. The van der Waals surface area contributed by atoms with Crippen molar-refractivity contribution in [3.05, 3.63) is 47.2 Å². The molecule has 2 rings (SSSR count). The van der Waals surface area contributed by atoms with Crippen molar-refractivity contribution in [3.8, 4) is 0 Å². The number of carbonyl (C=O) groups excluding carboxylic acids is 1. The highest BCUT2D eigenvalue weighted by molar-refractivity contribution is 6.02. The number of oxazole rings is 1. The normalized spacial score (nSPS) is 12.2. The molecular formula is C16H21N3O2. The number of aryl methyl sites for hydroxylation is 2. The third-order valence-corrected chi connectivity index (χ3v) is 3.29. The molecule has 5 heteroatoms. The molecule has 5 nitrogen and oxygen atoms in total. The summed E-state index contributed by atoms with van der Waals surface area (Å²) in [5.41, 5.74) is 2.52. The third-order valence-electron chi connectivity index (χ3n) is 3.29. The van der Waals surface area contributed by atoms with E-state index in [9.17, 15) is 4.79 Å². The standard InChI is InChI=1S/C16H21N3O2/c1-5-17-10(2)13-6-8-14(9-7-13)19-16(20)15-11(3)18-12(4)21-15/h6-10,17H,5H2,1-4H3,(H,19,20). The molecular weight excluding hydrogens is 266 g/mol. The van der Waals surface area contributed by atoms with Crippen molar-refractivity contribution >= 4 is 11.6 Å². The second-order valence-electron chi connectivity index (χ2n) is 5.00. The summed E-state index contributed by atoms with van der Waals surface area (Å²) in [7, 11) is 0. The highest BCUT2D eigenvalue weighted by Crippen LogP contribution is 2.17. The summed E-state index contributed by atoms with van der Waals surface area (Å²) in [6, 6.07) is 8.07. The number of rotatable bonds is 5. The van der Waals surface area contributed by atoms with E-state index >= 15 is 0 Å². The monoisotopic (exact) mass is 287 g/mol. The van der Waals surface area contributed by atoms with Crippen LogP contribution in [-0.4, -0.2) is 17.4 Å². The summed E-state index contributed by atoms with van der Waals surface area (Å²) in [5.74, 6) is 0.477. The van der Waals surface area contributed by atoms with Crippen molar-refractivity contribution in [1.29, 1.82) is 0 Å². The van der Waals surface area contributed by atoms with E-state index in [1.54, 1.807) is 13.8 Å². The van der Waals surface area contributed by atoms with Crippen molar-refractivity contribution in [2.75, 3.05) is 11.9 Å². The molecule has 0 spiro atoms. The smallest absolute Gasteiger partial charge is 0.293 e. The van der Waals surface area contributed by atoms with Crippen LogP contribution in [0, 0.1) is 13.8 Å². The average Bonchev–Trinajstić information content (AvgIpc) is 2.79. The number of hydrogen-bond donors (Lipinski definition) is 2. The van der Waals surface area contributed by atoms with Crippen LogP contribution in [0.2, 0.25) is 0 Å². The molecule has 0 bridgehead atoms. The minimum absolute atomic E-state index is 0.262. The molecule has 0 aliphatic rings. The molecule has 112 valence electrons. The van der Waals surface area contributed by atoms with Gasteiger partial charge in [-0.05, 0) is 38.1 Å². The van der Waals surface area contributed by atoms with Crippen LogP contribution in [0.5, 0.6) is 0 Å².